The molecule has 7 nitrogen and oxygen atoms in total. The van der Waals surface area contributed by atoms with Gasteiger partial charge in [-0.3, -0.25) is 9.59 Å². The predicted molar refractivity (Wildman–Crippen MR) is 131 cm³/mol. The van der Waals surface area contributed by atoms with Gasteiger partial charge in [-0.25, -0.2) is 4.79 Å². The van der Waals surface area contributed by atoms with E-state index in [1.54, 1.807) is 4.90 Å². The maximum Gasteiger partial charge on any atom is 0.407 e. The summed E-state index contributed by atoms with van der Waals surface area (Å²) in [7, 11) is 0. The second kappa shape index (κ2) is 9.36. The number of benzene rings is 2. The number of carboxylic acids is 1. The van der Waals surface area contributed by atoms with Crippen LogP contribution in [0.1, 0.15) is 56.1 Å². The van der Waals surface area contributed by atoms with E-state index >= 15 is 0 Å². The molecule has 1 aliphatic heterocycles. The highest BCUT2D eigenvalue weighted by Gasteiger charge is 2.51. The van der Waals surface area contributed by atoms with E-state index in [-0.39, 0.29) is 43.5 Å². The van der Waals surface area contributed by atoms with Crippen LogP contribution in [0.15, 0.2) is 48.5 Å². The fourth-order valence-electron chi connectivity index (χ4n) is 5.98. The van der Waals surface area contributed by atoms with Crippen LogP contribution in [0.25, 0.3) is 11.1 Å². The Hall–Kier alpha value is -3.35. The monoisotopic (exact) mass is 476 g/mol. The smallest absolute Gasteiger partial charge is 0.407 e. The lowest BCUT2D eigenvalue weighted by Gasteiger charge is -2.49. The van der Waals surface area contributed by atoms with Crippen molar-refractivity contribution < 1.29 is 24.2 Å². The Morgan fingerprint density at radius 1 is 1.00 bits per heavy atom. The highest BCUT2D eigenvalue weighted by atomic mass is 16.5. The first-order valence-corrected chi connectivity index (χ1v) is 12.6. The number of carbonyl (C=O) groups excluding carboxylic acids is 2. The molecule has 2 fully saturated rings. The molecule has 0 aromatic heterocycles. The molecule has 0 spiro atoms. The molecule has 184 valence electrons. The summed E-state index contributed by atoms with van der Waals surface area (Å²) in [5.74, 6) is -1.26. The Morgan fingerprint density at radius 2 is 1.60 bits per heavy atom. The van der Waals surface area contributed by atoms with Gasteiger partial charge in [-0.1, -0.05) is 68.3 Å². The van der Waals surface area contributed by atoms with E-state index in [0.717, 1.165) is 24.0 Å². The number of aliphatic carboxylic acids is 1. The maximum absolute atomic E-state index is 13.2. The van der Waals surface area contributed by atoms with E-state index in [2.05, 4.69) is 29.6 Å². The van der Waals surface area contributed by atoms with Gasteiger partial charge in [0.05, 0.1) is 5.92 Å². The number of carbonyl (C=O) groups is 3. The lowest BCUT2D eigenvalue weighted by Crippen LogP contribution is -2.64. The van der Waals surface area contributed by atoms with Crippen LogP contribution >= 0.6 is 0 Å². The molecular formula is C28H32N2O5. The third kappa shape index (κ3) is 4.17. The molecule has 7 heteroatoms. The minimum Gasteiger partial charge on any atom is -0.481 e. The van der Waals surface area contributed by atoms with Gasteiger partial charge in [0.15, 0.2) is 0 Å². The molecule has 2 aromatic carbocycles. The van der Waals surface area contributed by atoms with E-state index < -0.39 is 17.5 Å². The van der Waals surface area contributed by atoms with Crippen LogP contribution in [0.2, 0.25) is 0 Å². The molecule has 2 amide bonds. The zero-order valence-corrected chi connectivity index (χ0v) is 20.0. The van der Waals surface area contributed by atoms with Gasteiger partial charge in [-0.2, -0.15) is 0 Å². The van der Waals surface area contributed by atoms with Crippen LogP contribution in [0.3, 0.4) is 0 Å². The number of hydrogen-bond donors (Lipinski definition) is 2. The Bertz CT molecular complexity index is 1090. The second-order valence-corrected chi connectivity index (χ2v) is 10.1. The van der Waals surface area contributed by atoms with Crippen LogP contribution in [-0.2, 0) is 14.3 Å². The molecule has 1 saturated carbocycles. The average molecular weight is 477 g/mol. The molecule has 5 rings (SSSR count). The summed E-state index contributed by atoms with van der Waals surface area (Å²) >= 11 is 0. The number of nitrogens with one attached hydrogen (secondary N) is 1. The van der Waals surface area contributed by atoms with Crippen molar-refractivity contribution in [2.24, 2.45) is 11.3 Å². The quantitative estimate of drug-likeness (QED) is 0.644. The largest absolute Gasteiger partial charge is 0.481 e. The normalized spacial score (nSPS) is 22.5. The number of likely N-dealkylation sites (tertiary alicyclic amines) is 1. The molecule has 3 aliphatic rings. The van der Waals surface area contributed by atoms with Crippen molar-refractivity contribution >= 4 is 18.0 Å². The van der Waals surface area contributed by atoms with Crippen LogP contribution in [0.4, 0.5) is 4.79 Å². The van der Waals surface area contributed by atoms with Gasteiger partial charge in [-0.05, 0) is 41.5 Å². The second-order valence-electron chi connectivity index (χ2n) is 10.1. The lowest BCUT2D eigenvalue weighted by atomic mass is 9.75. The topological polar surface area (TPSA) is 95.9 Å². The van der Waals surface area contributed by atoms with Crippen molar-refractivity contribution in [3.05, 3.63) is 59.7 Å². The third-order valence-corrected chi connectivity index (χ3v) is 8.16. The molecule has 2 N–H and O–H groups in total. The SMILES string of the molecule is CCC1(C(=O)O)CN(C(=O)[C@@H]2CCCC[C@@H]2NC(=O)OCC2c3ccccc3-c3ccccc32)C1. The van der Waals surface area contributed by atoms with Crippen LogP contribution in [0, 0.1) is 11.3 Å². The van der Waals surface area contributed by atoms with E-state index in [9.17, 15) is 19.5 Å². The third-order valence-electron chi connectivity index (χ3n) is 8.16. The first-order chi connectivity index (χ1) is 16.9. The number of alkyl carbamates (subject to hydrolysis) is 1. The van der Waals surface area contributed by atoms with Crippen molar-refractivity contribution in [1.82, 2.24) is 10.2 Å². The number of fused-ring (bicyclic) bond motifs is 3. The molecule has 2 aromatic rings. The van der Waals surface area contributed by atoms with Crippen molar-refractivity contribution in [2.45, 2.75) is 51.0 Å². The number of nitrogens with zero attached hydrogens (tertiary/aromatic N) is 1. The zero-order valence-electron chi connectivity index (χ0n) is 20.0. The van der Waals surface area contributed by atoms with Crippen molar-refractivity contribution in [3.8, 4) is 11.1 Å². The number of hydrogen-bond acceptors (Lipinski definition) is 4. The minimum absolute atomic E-state index is 0.0174. The maximum atomic E-state index is 13.2. The molecule has 35 heavy (non-hydrogen) atoms. The van der Waals surface area contributed by atoms with Crippen LogP contribution in [0.5, 0.6) is 0 Å². The minimum atomic E-state index is -0.846. The summed E-state index contributed by atoms with van der Waals surface area (Å²) < 4.78 is 5.70. The average Bonchev–Trinajstić information content (AvgIpc) is 3.16. The zero-order chi connectivity index (χ0) is 24.6. The van der Waals surface area contributed by atoms with Gasteiger partial charge in [0.25, 0.3) is 0 Å². The molecule has 2 aliphatic carbocycles. The predicted octanol–water partition coefficient (Wildman–Crippen LogP) is 4.41. The molecule has 2 atom stereocenters. The molecule has 0 radical (unpaired) electrons. The standard InChI is InChI=1S/C28H32N2O5/c1-2-28(26(32)33)16-30(17-28)25(31)22-13-7-8-14-24(22)29-27(34)35-15-23-20-11-5-3-9-18(20)19-10-4-6-12-21(19)23/h3-6,9-12,22-24H,2,7-8,13-17H2,1H3,(H,29,34)(H,32,33)/t22-,24+/m1/s1. The highest BCUT2D eigenvalue weighted by molar-refractivity contribution is 5.85. The summed E-state index contributed by atoms with van der Waals surface area (Å²) in [6.07, 6.45) is 3.26. The number of rotatable bonds is 6. The molecule has 0 bridgehead atoms. The summed E-state index contributed by atoms with van der Waals surface area (Å²) in [6, 6.07) is 16.1. The number of carboxylic acid groups (broad SMARTS) is 1. The van der Waals surface area contributed by atoms with Gasteiger partial charge in [0.1, 0.15) is 12.0 Å². The number of amides is 2. The summed E-state index contributed by atoms with van der Waals surface area (Å²) in [5, 5.41) is 12.5. The summed E-state index contributed by atoms with van der Waals surface area (Å²) in [5.41, 5.74) is 3.83. The summed E-state index contributed by atoms with van der Waals surface area (Å²) in [4.78, 5) is 39.2. The molecule has 0 unspecified atom stereocenters. The number of ether oxygens (including phenoxy) is 1. The van der Waals surface area contributed by atoms with Crippen LogP contribution < -0.4 is 5.32 Å². The lowest BCUT2D eigenvalue weighted by molar-refractivity contribution is -0.168. The van der Waals surface area contributed by atoms with Gasteiger partial charge >= 0.3 is 12.1 Å². The van der Waals surface area contributed by atoms with E-state index in [4.69, 9.17) is 4.74 Å². The summed E-state index contributed by atoms with van der Waals surface area (Å²) in [6.45, 7) is 2.56. The fourth-order valence-corrected chi connectivity index (χ4v) is 5.98. The van der Waals surface area contributed by atoms with Crippen molar-refractivity contribution in [2.75, 3.05) is 19.7 Å². The van der Waals surface area contributed by atoms with Gasteiger partial charge in [0, 0.05) is 25.0 Å². The first-order valence-electron chi connectivity index (χ1n) is 12.6. The Balaban J connectivity index is 1.21. The highest BCUT2D eigenvalue weighted by Crippen LogP contribution is 2.44. The van der Waals surface area contributed by atoms with Gasteiger partial charge in [0.2, 0.25) is 5.91 Å². The molecule has 1 heterocycles. The Kier molecular flexibility index (Phi) is 6.26. The first kappa shape index (κ1) is 23.4. The van der Waals surface area contributed by atoms with Crippen LogP contribution in [-0.4, -0.2) is 53.7 Å². The molecule has 1 saturated heterocycles. The fraction of sp³-hybridized carbons (Fsp3) is 0.464. The van der Waals surface area contributed by atoms with E-state index in [1.165, 1.54) is 11.1 Å². The van der Waals surface area contributed by atoms with Crippen molar-refractivity contribution in [1.29, 1.82) is 0 Å². The molecular weight excluding hydrogens is 444 g/mol. The van der Waals surface area contributed by atoms with Gasteiger partial charge in [-0.15, -0.1) is 0 Å². The van der Waals surface area contributed by atoms with Crippen molar-refractivity contribution in [3.63, 3.8) is 0 Å². The Morgan fingerprint density at radius 3 is 2.20 bits per heavy atom. The van der Waals surface area contributed by atoms with E-state index in [0.29, 0.717) is 19.3 Å². The van der Waals surface area contributed by atoms with E-state index in [1.807, 2.05) is 31.2 Å². The Labute approximate surface area is 205 Å². The van der Waals surface area contributed by atoms with Gasteiger partial charge < -0.3 is 20.1 Å².